The van der Waals surface area contributed by atoms with Crippen LogP contribution in [0.15, 0.2) is 96.1 Å². The molecule has 8 nitrogen and oxygen atoms in total. The second-order valence-electron chi connectivity index (χ2n) is 8.50. The molecular formula is C29H29N3O5S. The molecular weight excluding hydrogens is 502 g/mol. The van der Waals surface area contributed by atoms with Crippen molar-refractivity contribution in [2.45, 2.75) is 13.5 Å². The molecule has 0 bridgehead atoms. The second-order valence-corrected chi connectivity index (χ2v) is 10.4. The molecule has 9 heteroatoms. The van der Waals surface area contributed by atoms with Crippen LogP contribution in [0.25, 0.3) is 10.8 Å². The van der Waals surface area contributed by atoms with Crippen molar-refractivity contribution in [1.29, 1.82) is 0 Å². The number of nitrogens with one attached hydrogen (secondary N) is 1. The van der Waals surface area contributed by atoms with E-state index in [9.17, 15) is 13.2 Å². The number of sulfonamides is 1. The Morgan fingerprint density at radius 2 is 1.63 bits per heavy atom. The molecule has 0 heterocycles. The van der Waals surface area contributed by atoms with Gasteiger partial charge in [0.15, 0.2) is 0 Å². The zero-order valence-electron chi connectivity index (χ0n) is 21.2. The topological polar surface area (TPSA) is 97.3 Å². The predicted molar refractivity (Wildman–Crippen MR) is 150 cm³/mol. The molecule has 0 aliphatic rings. The van der Waals surface area contributed by atoms with Gasteiger partial charge in [0.25, 0.3) is 5.91 Å². The number of rotatable bonds is 11. The Morgan fingerprint density at radius 1 is 0.921 bits per heavy atom. The molecule has 0 saturated heterocycles. The lowest BCUT2D eigenvalue weighted by atomic mass is 10.1. The van der Waals surface area contributed by atoms with Crippen LogP contribution in [-0.4, -0.2) is 39.9 Å². The highest BCUT2D eigenvalue weighted by Gasteiger charge is 2.23. The first-order valence-electron chi connectivity index (χ1n) is 12.1. The predicted octanol–water partition coefficient (Wildman–Crippen LogP) is 4.73. The highest BCUT2D eigenvalue weighted by atomic mass is 32.2. The molecule has 0 fully saturated rings. The first-order chi connectivity index (χ1) is 18.3. The number of anilines is 1. The maximum absolute atomic E-state index is 12.5. The van der Waals surface area contributed by atoms with Crippen LogP contribution in [-0.2, 0) is 21.4 Å². The number of hydrazone groups is 1. The van der Waals surface area contributed by atoms with Crippen molar-refractivity contribution >= 4 is 38.6 Å². The van der Waals surface area contributed by atoms with E-state index >= 15 is 0 Å². The van der Waals surface area contributed by atoms with Crippen LogP contribution in [0, 0.1) is 0 Å². The summed E-state index contributed by atoms with van der Waals surface area (Å²) in [6, 6.07) is 28.3. The molecule has 1 N–H and O–H groups in total. The third-order valence-electron chi connectivity index (χ3n) is 5.62. The third-order valence-corrected chi connectivity index (χ3v) is 6.75. The van der Waals surface area contributed by atoms with Gasteiger partial charge in [-0.25, -0.2) is 13.8 Å². The molecule has 4 aromatic rings. The van der Waals surface area contributed by atoms with Crippen LogP contribution in [0.3, 0.4) is 0 Å². The van der Waals surface area contributed by atoms with Gasteiger partial charge in [0, 0.05) is 0 Å². The van der Waals surface area contributed by atoms with E-state index in [-0.39, 0.29) is 5.69 Å². The molecule has 0 atom stereocenters. The van der Waals surface area contributed by atoms with Crippen molar-refractivity contribution in [3.63, 3.8) is 0 Å². The van der Waals surface area contributed by atoms with Crippen LogP contribution < -0.4 is 19.2 Å². The Labute approximate surface area is 222 Å². The minimum Gasteiger partial charge on any atom is -0.492 e. The number of ether oxygens (including phenoxy) is 2. The summed E-state index contributed by atoms with van der Waals surface area (Å²) in [5, 5.41) is 6.32. The standard InChI is InChI=1S/C29H29N3O5S/c1-3-36-28-11-7-6-10-27(28)32(38(2,34)35)20-29(33)31-30-19-22-13-16-26(17-14-22)37-21-23-12-15-24-8-4-5-9-25(24)18-23/h4-19H,3,20-21H2,1-2H3,(H,31,33)/b30-19-. The van der Waals surface area contributed by atoms with Gasteiger partial charge in [-0.1, -0.05) is 48.5 Å². The normalized spacial score (nSPS) is 11.4. The number of benzene rings is 4. The number of nitrogens with zero attached hydrogens (tertiary/aromatic N) is 2. The van der Waals surface area contributed by atoms with Crippen LogP contribution in [0.5, 0.6) is 11.5 Å². The van der Waals surface area contributed by atoms with E-state index in [0.717, 1.165) is 21.7 Å². The summed E-state index contributed by atoms with van der Waals surface area (Å²) in [6.07, 6.45) is 2.51. The van der Waals surface area contributed by atoms with Gasteiger partial charge in [0.05, 0.1) is 24.8 Å². The Hall–Kier alpha value is -4.37. The lowest BCUT2D eigenvalue weighted by Gasteiger charge is -2.23. The number of para-hydroxylation sites is 2. The first kappa shape index (κ1) is 26.7. The maximum atomic E-state index is 12.5. The van der Waals surface area contributed by atoms with E-state index < -0.39 is 22.5 Å². The van der Waals surface area contributed by atoms with Crippen LogP contribution in [0.1, 0.15) is 18.1 Å². The minimum atomic E-state index is -3.75. The maximum Gasteiger partial charge on any atom is 0.260 e. The minimum absolute atomic E-state index is 0.287. The van der Waals surface area contributed by atoms with Crippen molar-refractivity contribution in [2.75, 3.05) is 23.7 Å². The first-order valence-corrected chi connectivity index (χ1v) is 13.9. The van der Waals surface area contributed by atoms with Crippen molar-refractivity contribution < 1.29 is 22.7 Å². The summed E-state index contributed by atoms with van der Waals surface area (Å²) in [5.74, 6) is 0.490. The third kappa shape index (κ3) is 7.10. The lowest BCUT2D eigenvalue weighted by molar-refractivity contribution is -0.119. The average Bonchev–Trinajstić information content (AvgIpc) is 2.91. The van der Waals surface area contributed by atoms with E-state index in [0.29, 0.717) is 24.7 Å². The number of hydrogen-bond donors (Lipinski definition) is 1. The number of carbonyl (C=O) groups is 1. The van der Waals surface area contributed by atoms with Gasteiger partial charge in [-0.3, -0.25) is 9.10 Å². The van der Waals surface area contributed by atoms with Gasteiger partial charge in [-0.15, -0.1) is 0 Å². The zero-order valence-corrected chi connectivity index (χ0v) is 22.0. The zero-order chi connectivity index (χ0) is 27.0. The molecule has 0 unspecified atom stereocenters. The highest BCUT2D eigenvalue weighted by molar-refractivity contribution is 7.92. The Bertz CT molecular complexity index is 1540. The monoisotopic (exact) mass is 531 g/mol. The Morgan fingerprint density at radius 3 is 2.37 bits per heavy atom. The van der Waals surface area contributed by atoms with Gasteiger partial charge in [-0.05, 0) is 71.3 Å². The van der Waals surface area contributed by atoms with Crippen molar-refractivity contribution in [1.82, 2.24) is 5.43 Å². The van der Waals surface area contributed by atoms with Gasteiger partial charge in [0.1, 0.15) is 24.7 Å². The van der Waals surface area contributed by atoms with Gasteiger partial charge in [0.2, 0.25) is 10.0 Å². The fourth-order valence-corrected chi connectivity index (χ4v) is 4.67. The quantitative estimate of drug-likeness (QED) is 0.223. The molecule has 0 aromatic heterocycles. The van der Waals surface area contributed by atoms with Crippen LogP contribution in [0.4, 0.5) is 5.69 Å². The fourth-order valence-electron chi connectivity index (χ4n) is 3.81. The number of amides is 1. The second kappa shape index (κ2) is 12.2. The average molecular weight is 532 g/mol. The highest BCUT2D eigenvalue weighted by Crippen LogP contribution is 2.29. The summed E-state index contributed by atoms with van der Waals surface area (Å²) in [6.45, 7) is 2.16. The smallest absolute Gasteiger partial charge is 0.260 e. The molecule has 4 rings (SSSR count). The molecule has 4 aromatic carbocycles. The number of fused-ring (bicyclic) bond motifs is 1. The SMILES string of the molecule is CCOc1ccccc1N(CC(=O)N/N=C\c1ccc(OCc2ccc3ccccc3c2)cc1)S(C)(=O)=O. The molecule has 1 amide bonds. The summed E-state index contributed by atoms with van der Waals surface area (Å²) < 4.78 is 37.2. The van der Waals surface area contributed by atoms with Crippen LogP contribution in [0.2, 0.25) is 0 Å². The van der Waals surface area contributed by atoms with Crippen LogP contribution >= 0.6 is 0 Å². The largest absolute Gasteiger partial charge is 0.492 e. The Kier molecular flexibility index (Phi) is 8.60. The number of hydrogen-bond acceptors (Lipinski definition) is 6. The summed E-state index contributed by atoms with van der Waals surface area (Å²) >= 11 is 0. The van der Waals surface area contributed by atoms with E-state index in [1.165, 1.54) is 17.0 Å². The lowest BCUT2D eigenvalue weighted by Crippen LogP contribution is -2.39. The van der Waals surface area contributed by atoms with E-state index in [1.807, 2.05) is 42.5 Å². The van der Waals surface area contributed by atoms with Crippen molar-refractivity contribution in [2.24, 2.45) is 5.10 Å². The molecule has 38 heavy (non-hydrogen) atoms. The molecule has 0 radical (unpaired) electrons. The molecule has 0 aliphatic carbocycles. The summed E-state index contributed by atoms with van der Waals surface area (Å²) in [7, 11) is -3.75. The summed E-state index contributed by atoms with van der Waals surface area (Å²) in [5.41, 5.74) is 4.48. The number of carbonyl (C=O) groups excluding carboxylic acids is 1. The Balaban J connectivity index is 1.33. The fraction of sp³-hybridized carbons (Fsp3) is 0.172. The van der Waals surface area contributed by atoms with Gasteiger partial charge >= 0.3 is 0 Å². The molecule has 0 aliphatic heterocycles. The van der Waals surface area contributed by atoms with Crippen molar-refractivity contribution in [3.8, 4) is 11.5 Å². The summed E-state index contributed by atoms with van der Waals surface area (Å²) in [4.78, 5) is 12.5. The van der Waals surface area contributed by atoms with E-state index in [2.05, 4.69) is 34.8 Å². The molecule has 0 saturated carbocycles. The van der Waals surface area contributed by atoms with Gasteiger partial charge in [-0.2, -0.15) is 5.10 Å². The van der Waals surface area contributed by atoms with E-state index in [4.69, 9.17) is 9.47 Å². The van der Waals surface area contributed by atoms with E-state index in [1.54, 1.807) is 31.2 Å². The van der Waals surface area contributed by atoms with Crippen molar-refractivity contribution in [3.05, 3.63) is 102 Å². The van der Waals surface area contributed by atoms with Gasteiger partial charge < -0.3 is 9.47 Å². The molecule has 0 spiro atoms. The molecule has 196 valence electrons.